The van der Waals surface area contributed by atoms with E-state index in [0.717, 1.165) is 5.56 Å². The van der Waals surface area contributed by atoms with Gasteiger partial charge in [-0.05, 0) is 68.8 Å². The Hall–Kier alpha value is -3.36. The summed E-state index contributed by atoms with van der Waals surface area (Å²) < 4.78 is 33.0. The molecule has 3 aromatic rings. The number of hydrogen-bond donors (Lipinski definition) is 2. The van der Waals surface area contributed by atoms with Crippen molar-refractivity contribution in [3.05, 3.63) is 87.9 Å². The number of anilines is 2. The number of benzene rings is 3. The summed E-state index contributed by atoms with van der Waals surface area (Å²) in [6.45, 7) is 5.43. The molecule has 33 heavy (non-hydrogen) atoms. The molecular formula is C24H23ClN2O5S. The van der Waals surface area contributed by atoms with Crippen LogP contribution >= 0.6 is 11.6 Å². The molecule has 0 spiro atoms. The number of amides is 1. The molecule has 3 aromatic carbocycles. The van der Waals surface area contributed by atoms with Gasteiger partial charge in [0.25, 0.3) is 15.9 Å². The molecule has 0 atom stereocenters. The van der Waals surface area contributed by atoms with Gasteiger partial charge < -0.3 is 10.1 Å². The van der Waals surface area contributed by atoms with Gasteiger partial charge in [0, 0.05) is 11.3 Å². The average molecular weight is 487 g/mol. The molecule has 9 heteroatoms. The summed E-state index contributed by atoms with van der Waals surface area (Å²) in [5.74, 6) is -1.01. The standard InChI is InChI=1S/C24H23ClN2O5S/c1-4-32-24(29)20-13-10-17(14-21(20)25)26-23(28)19-6-5-7-22(16(19)3)27-33(30,31)18-11-8-15(2)9-12-18/h5-14,27H,4H2,1-3H3,(H,26,28). The highest BCUT2D eigenvalue weighted by Crippen LogP contribution is 2.25. The van der Waals surface area contributed by atoms with Crippen molar-refractivity contribution in [2.45, 2.75) is 25.7 Å². The lowest BCUT2D eigenvalue weighted by Crippen LogP contribution is -2.17. The maximum absolute atomic E-state index is 12.9. The van der Waals surface area contributed by atoms with Crippen LogP contribution in [0.5, 0.6) is 0 Å². The summed E-state index contributed by atoms with van der Waals surface area (Å²) in [4.78, 5) is 24.9. The number of carbonyl (C=O) groups is 2. The van der Waals surface area contributed by atoms with Gasteiger partial charge in [-0.3, -0.25) is 9.52 Å². The number of aryl methyl sites for hydroxylation is 1. The number of carbonyl (C=O) groups excluding carboxylic acids is 2. The lowest BCUT2D eigenvalue weighted by atomic mass is 10.1. The summed E-state index contributed by atoms with van der Waals surface area (Å²) in [5, 5.41) is 2.85. The van der Waals surface area contributed by atoms with Crippen molar-refractivity contribution in [2.24, 2.45) is 0 Å². The van der Waals surface area contributed by atoms with E-state index in [1.54, 1.807) is 44.2 Å². The van der Waals surface area contributed by atoms with Crippen LogP contribution in [0.3, 0.4) is 0 Å². The van der Waals surface area contributed by atoms with E-state index >= 15 is 0 Å². The zero-order valence-electron chi connectivity index (χ0n) is 18.3. The third-order valence-corrected chi connectivity index (χ3v) is 6.57. The molecule has 0 saturated heterocycles. The highest BCUT2D eigenvalue weighted by molar-refractivity contribution is 7.92. The first-order valence-electron chi connectivity index (χ1n) is 10.1. The van der Waals surface area contributed by atoms with E-state index in [4.69, 9.17) is 16.3 Å². The number of hydrogen-bond acceptors (Lipinski definition) is 5. The second-order valence-electron chi connectivity index (χ2n) is 7.27. The minimum absolute atomic E-state index is 0.124. The van der Waals surface area contributed by atoms with Gasteiger partial charge in [0.1, 0.15) is 0 Å². The largest absolute Gasteiger partial charge is 0.462 e. The smallest absolute Gasteiger partial charge is 0.339 e. The van der Waals surface area contributed by atoms with E-state index < -0.39 is 21.9 Å². The molecule has 0 saturated carbocycles. The fraction of sp³-hybridized carbons (Fsp3) is 0.167. The molecule has 0 aliphatic rings. The predicted molar refractivity (Wildman–Crippen MR) is 129 cm³/mol. The molecule has 3 rings (SSSR count). The minimum Gasteiger partial charge on any atom is -0.462 e. The van der Waals surface area contributed by atoms with Gasteiger partial charge in [0.05, 0.1) is 27.8 Å². The van der Waals surface area contributed by atoms with Gasteiger partial charge in [0.15, 0.2) is 0 Å². The Balaban J connectivity index is 1.81. The molecule has 0 radical (unpaired) electrons. The van der Waals surface area contributed by atoms with Gasteiger partial charge in [-0.25, -0.2) is 13.2 Å². The number of halogens is 1. The Bertz CT molecular complexity index is 1300. The molecule has 0 aromatic heterocycles. The van der Waals surface area contributed by atoms with E-state index in [0.29, 0.717) is 16.9 Å². The Labute approximate surface area is 197 Å². The van der Waals surface area contributed by atoms with Crippen LogP contribution in [-0.4, -0.2) is 26.9 Å². The van der Waals surface area contributed by atoms with Crippen LogP contribution in [0.25, 0.3) is 0 Å². The maximum atomic E-state index is 12.9. The number of nitrogens with one attached hydrogen (secondary N) is 2. The van der Waals surface area contributed by atoms with Crippen molar-refractivity contribution in [2.75, 3.05) is 16.6 Å². The van der Waals surface area contributed by atoms with Gasteiger partial charge in [-0.2, -0.15) is 0 Å². The Kier molecular flexibility index (Phi) is 7.40. The average Bonchev–Trinajstić information content (AvgIpc) is 2.75. The molecule has 7 nitrogen and oxygen atoms in total. The van der Waals surface area contributed by atoms with Crippen molar-refractivity contribution in [1.82, 2.24) is 0 Å². The van der Waals surface area contributed by atoms with Crippen LogP contribution in [0.1, 0.15) is 38.8 Å². The first-order valence-corrected chi connectivity index (χ1v) is 12.0. The van der Waals surface area contributed by atoms with Crippen molar-refractivity contribution in [3.63, 3.8) is 0 Å². The fourth-order valence-electron chi connectivity index (χ4n) is 3.08. The maximum Gasteiger partial charge on any atom is 0.339 e. The van der Waals surface area contributed by atoms with Crippen molar-refractivity contribution >= 4 is 44.9 Å². The molecule has 2 N–H and O–H groups in total. The van der Waals surface area contributed by atoms with Gasteiger partial charge in [-0.15, -0.1) is 0 Å². The fourth-order valence-corrected chi connectivity index (χ4v) is 4.46. The second kappa shape index (κ2) is 10.1. The molecule has 0 bridgehead atoms. The second-order valence-corrected chi connectivity index (χ2v) is 9.36. The number of ether oxygens (including phenoxy) is 1. The highest BCUT2D eigenvalue weighted by atomic mass is 35.5. The van der Waals surface area contributed by atoms with E-state index in [1.165, 1.54) is 30.3 Å². The summed E-state index contributed by atoms with van der Waals surface area (Å²) in [6.07, 6.45) is 0. The van der Waals surface area contributed by atoms with Crippen molar-refractivity contribution in [3.8, 4) is 0 Å². The van der Waals surface area contributed by atoms with E-state index in [2.05, 4.69) is 10.0 Å². The third kappa shape index (κ3) is 5.71. The highest BCUT2D eigenvalue weighted by Gasteiger charge is 2.19. The lowest BCUT2D eigenvalue weighted by Gasteiger charge is -2.14. The summed E-state index contributed by atoms with van der Waals surface area (Å²) in [6, 6.07) is 15.7. The van der Waals surface area contributed by atoms with E-state index in [1.807, 2.05) is 6.92 Å². The Morgan fingerprint density at radius 3 is 2.30 bits per heavy atom. The molecule has 172 valence electrons. The molecule has 0 heterocycles. The van der Waals surface area contributed by atoms with Gasteiger partial charge >= 0.3 is 5.97 Å². The predicted octanol–water partition coefficient (Wildman–Crippen LogP) is 5.19. The normalized spacial score (nSPS) is 11.0. The lowest BCUT2D eigenvalue weighted by molar-refractivity contribution is 0.0526. The quantitative estimate of drug-likeness (QED) is 0.448. The molecule has 0 fully saturated rings. The SMILES string of the molecule is CCOC(=O)c1ccc(NC(=O)c2cccc(NS(=O)(=O)c3ccc(C)cc3)c2C)cc1Cl. The van der Waals surface area contributed by atoms with Crippen LogP contribution in [0, 0.1) is 13.8 Å². The van der Waals surface area contributed by atoms with Gasteiger partial charge in [-0.1, -0.05) is 35.4 Å². The Morgan fingerprint density at radius 2 is 1.67 bits per heavy atom. The van der Waals surface area contributed by atoms with Gasteiger partial charge in [0.2, 0.25) is 0 Å². The summed E-state index contributed by atoms with van der Waals surface area (Å²) in [7, 11) is -3.82. The van der Waals surface area contributed by atoms with E-state index in [-0.39, 0.29) is 27.7 Å². The number of esters is 1. The number of sulfonamides is 1. The molecule has 0 aliphatic carbocycles. The van der Waals surface area contributed by atoms with Crippen molar-refractivity contribution in [1.29, 1.82) is 0 Å². The zero-order valence-corrected chi connectivity index (χ0v) is 19.9. The third-order valence-electron chi connectivity index (χ3n) is 4.88. The van der Waals surface area contributed by atoms with Crippen LogP contribution in [0.2, 0.25) is 5.02 Å². The topological polar surface area (TPSA) is 102 Å². The Morgan fingerprint density at radius 1 is 0.970 bits per heavy atom. The summed E-state index contributed by atoms with van der Waals surface area (Å²) >= 11 is 6.16. The van der Waals surface area contributed by atoms with Crippen LogP contribution in [-0.2, 0) is 14.8 Å². The van der Waals surface area contributed by atoms with E-state index in [9.17, 15) is 18.0 Å². The first kappa shape index (κ1) is 24.3. The van der Waals surface area contributed by atoms with Crippen LogP contribution in [0.4, 0.5) is 11.4 Å². The zero-order chi connectivity index (χ0) is 24.2. The molecule has 0 unspecified atom stereocenters. The minimum atomic E-state index is -3.82. The number of rotatable bonds is 7. The van der Waals surface area contributed by atoms with Crippen LogP contribution in [0.15, 0.2) is 65.6 Å². The van der Waals surface area contributed by atoms with Crippen molar-refractivity contribution < 1.29 is 22.7 Å². The monoisotopic (exact) mass is 486 g/mol. The molecular weight excluding hydrogens is 464 g/mol. The van der Waals surface area contributed by atoms with Crippen LogP contribution < -0.4 is 10.0 Å². The first-order chi connectivity index (χ1) is 15.6. The molecule has 0 aliphatic heterocycles. The summed E-state index contributed by atoms with van der Waals surface area (Å²) in [5.41, 5.74) is 2.55. The molecule has 1 amide bonds.